The third-order valence-corrected chi connectivity index (χ3v) is 4.94. The molecule has 0 aromatic carbocycles. The van der Waals surface area contributed by atoms with Crippen LogP contribution in [-0.4, -0.2) is 28.8 Å². The van der Waals surface area contributed by atoms with Gasteiger partial charge in [-0.2, -0.15) is 0 Å². The minimum Gasteiger partial charge on any atom is -0.342 e. The van der Waals surface area contributed by atoms with E-state index in [0.717, 1.165) is 17.7 Å². The van der Waals surface area contributed by atoms with E-state index in [1.54, 1.807) is 16.2 Å². The average molecular weight is 292 g/mol. The average Bonchev–Trinajstić information content (AvgIpc) is 3.11. The van der Waals surface area contributed by atoms with Crippen LogP contribution in [0.1, 0.15) is 31.6 Å². The highest BCUT2D eigenvalue weighted by Gasteiger charge is 2.47. The number of nitrogens with zero attached hydrogens (tertiary/aromatic N) is 1. The molecule has 3 rings (SSSR count). The summed E-state index contributed by atoms with van der Waals surface area (Å²) in [5.74, 6) is 0.580. The van der Waals surface area contributed by atoms with E-state index in [4.69, 9.17) is 0 Å². The second-order valence-electron chi connectivity index (χ2n) is 6.06. The number of piperazine rings is 1. The molecule has 1 aromatic rings. The lowest BCUT2D eigenvalue weighted by Crippen LogP contribution is -2.65. The van der Waals surface area contributed by atoms with Gasteiger partial charge in [-0.25, -0.2) is 0 Å². The molecule has 2 unspecified atom stereocenters. The summed E-state index contributed by atoms with van der Waals surface area (Å²) < 4.78 is 0. The maximum absolute atomic E-state index is 12.7. The standard InChI is InChI=1S/C15H20N2O2S/c1-9(2)13-14(18)16-12(10-5-6-10)15(19)17(13)8-11-4-3-7-20-11/h3-4,7,9-10,12-13H,5-6,8H2,1-2H3,(H,16,18). The van der Waals surface area contributed by atoms with Crippen molar-refractivity contribution < 1.29 is 9.59 Å². The minimum absolute atomic E-state index is 0.00746. The third kappa shape index (κ3) is 2.46. The molecule has 2 aliphatic rings. The zero-order chi connectivity index (χ0) is 14.3. The highest BCUT2D eigenvalue weighted by atomic mass is 32.1. The molecule has 1 saturated heterocycles. The SMILES string of the molecule is CC(C)C1C(=O)NC(C2CC2)C(=O)N1Cc1cccs1. The Morgan fingerprint density at radius 3 is 2.70 bits per heavy atom. The zero-order valence-electron chi connectivity index (χ0n) is 11.8. The van der Waals surface area contributed by atoms with Crippen LogP contribution in [0.15, 0.2) is 17.5 Å². The lowest BCUT2D eigenvalue weighted by atomic mass is 9.95. The molecule has 2 fully saturated rings. The van der Waals surface area contributed by atoms with E-state index in [2.05, 4.69) is 5.32 Å². The van der Waals surface area contributed by atoms with Crippen molar-refractivity contribution in [1.29, 1.82) is 0 Å². The van der Waals surface area contributed by atoms with E-state index in [1.807, 2.05) is 31.4 Å². The van der Waals surface area contributed by atoms with E-state index in [1.165, 1.54) is 0 Å². The predicted molar refractivity (Wildman–Crippen MR) is 78.1 cm³/mol. The molecule has 0 bridgehead atoms. The third-order valence-electron chi connectivity index (χ3n) is 4.08. The second-order valence-corrected chi connectivity index (χ2v) is 7.09. The normalized spacial score (nSPS) is 27.1. The summed E-state index contributed by atoms with van der Waals surface area (Å²) in [6, 6.07) is 3.36. The van der Waals surface area contributed by atoms with Gasteiger partial charge in [0.15, 0.2) is 0 Å². The fourth-order valence-corrected chi connectivity index (χ4v) is 3.62. The van der Waals surface area contributed by atoms with Crippen molar-refractivity contribution in [1.82, 2.24) is 10.2 Å². The molecule has 2 atom stereocenters. The molecule has 1 aromatic heterocycles. The van der Waals surface area contributed by atoms with Crippen LogP contribution in [0, 0.1) is 11.8 Å². The summed E-state index contributed by atoms with van der Waals surface area (Å²) in [4.78, 5) is 28.0. The fourth-order valence-electron chi connectivity index (χ4n) is 2.92. The number of hydrogen-bond acceptors (Lipinski definition) is 3. The van der Waals surface area contributed by atoms with Crippen molar-refractivity contribution in [3.05, 3.63) is 22.4 Å². The van der Waals surface area contributed by atoms with E-state index in [9.17, 15) is 9.59 Å². The van der Waals surface area contributed by atoms with E-state index in [-0.39, 0.29) is 29.8 Å². The maximum atomic E-state index is 12.7. The van der Waals surface area contributed by atoms with Crippen LogP contribution in [0.2, 0.25) is 0 Å². The van der Waals surface area contributed by atoms with Crippen LogP contribution in [0.4, 0.5) is 0 Å². The van der Waals surface area contributed by atoms with E-state index < -0.39 is 0 Å². The summed E-state index contributed by atoms with van der Waals surface area (Å²) >= 11 is 1.63. The van der Waals surface area contributed by atoms with Gasteiger partial charge in [0.05, 0.1) is 6.54 Å². The first-order chi connectivity index (χ1) is 9.58. The molecule has 20 heavy (non-hydrogen) atoms. The number of amides is 2. The quantitative estimate of drug-likeness (QED) is 0.923. The van der Waals surface area contributed by atoms with Gasteiger partial charge in [-0.3, -0.25) is 9.59 Å². The van der Waals surface area contributed by atoms with E-state index in [0.29, 0.717) is 12.5 Å². The number of thiophene rings is 1. The van der Waals surface area contributed by atoms with Gasteiger partial charge in [0.1, 0.15) is 12.1 Å². The molecule has 2 heterocycles. The fraction of sp³-hybridized carbons (Fsp3) is 0.600. The van der Waals surface area contributed by atoms with Crippen LogP contribution in [0.3, 0.4) is 0 Å². The van der Waals surface area contributed by atoms with Gasteiger partial charge in [0.25, 0.3) is 0 Å². The number of hydrogen-bond donors (Lipinski definition) is 1. The van der Waals surface area contributed by atoms with Gasteiger partial charge in [-0.15, -0.1) is 11.3 Å². The molecule has 0 radical (unpaired) electrons. The molecule has 1 saturated carbocycles. The Morgan fingerprint density at radius 2 is 2.15 bits per heavy atom. The Kier molecular flexibility index (Phi) is 3.54. The molecular formula is C15H20N2O2S. The molecule has 108 valence electrons. The Labute approximate surface area is 123 Å². The van der Waals surface area contributed by atoms with Crippen LogP contribution < -0.4 is 5.32 Å². The zero-order valence-corrected chi connectivity index (χ0v) is 12.7. The predicted octanol–water partition coefficient (Wildman–Crippen LogP) is 2.01. The Bertz CT molecular complexity index is 508. The highest BCUT2D eigenvalue weighted by Crippen LogP contribution is 2.36. The van der Waals surface area contributed by atoms with Gasteiger partial charge >= 0.3 is 0 Å². The number of rotatable bonds is 4. The van der Waals surface area contributed by atoms with Crippen molar-refractivity contribution in [2.24, 2.45) is 11.8 Å². The monoisotopic (exact) mass is 292 g/mol. The molecule has 1 aliphatic heterocycles. The van der Waals surface area contributed by atoms with Crippen molar-refractivity contribution >= 4 is 23.2 Å². The van der Waals surface area contributed by atoms with Crippen LogP contribution >= 0.6 is 11.3 Å². The van der Waals surface area contributed by atoms with Crippen LogP contribution in [0.25, 0.3) is 0 Å². The first kappa shape index (κ1) is 13.6. The Hall–Kier alpha value is -1.36. The van der Waals surface area contributed by atoms with Gasteiger partial charge < -0.3 is 10.2 Å². The summed E-state index contributed by atoms with van der Waals surface area (Å²) in [7, 11) is 0. The Balaban J connectivity index is 1.86. The van der Waals surface area contributed by atoms with Crippen molar-refractivity contribution in [3.63, 3.8) is 0 Å². The van der Waals surface area contributed by atoms with E-state index >= 15 is 0 Å². The summed E-state index contributed by atoms with van der Waals surface area (Å²) in [6.45, 7) is 4.54. The van der Waals surface area contributed by atoms with Gasteiger partial charge in [0.2, 0.25) is 11.8 Å². The maximum Gasteiger partial charge on any atom is 0.246 e. The molecule has 5 heteroatoms. The smallest absolute Gasteiger partial charge is 0.246 e. The summed E-state index contributed by atoms with van der Waals surface area (Å²) in [6.07, 6.45) is 2.10. The number of carbonyl (C=O) groups excluding carboxylic acids is 2. The summed E-state index contributed by atoms with van der Waals surface area (Å²) in [5.41, 5.74) is 0. The molecular weight excluding hydrogens is 272 g/mol. The van der Waals surface area contributed by atoms with Gasteiger partial charge in [-0.1, -0.05) is 19.9 Å². The lowest BCUT2D eigenvalue weighted by Gasteiger charge is -2.40. The molecule has 2 amide bonds. The van der Waals surface area contributed by atoms with Crippen molar-refractivity contribution in [2.45, 2.75) is 45.3 Å². The largest absolute Gasteiger partial charge is 0.342 e. The lowest BCUT2D eigenvalue weighted by molar-refractivity contribution is -0.152. The molecule has 0 spiro atoms. The molecule has 4 nitrogen and oxygen atoms in total. The summed E-state index contributed by atoms with van der Waals surface area (Å²) in [5, 5.41) is 4.95. The first-order valence-corrected chi connectivity index (χ1v) is 8.09. The molecule has 1 aliphatic carbocycles. The van der Waals surface area contributed by atoms with Crippen LogP contribution in [0.5, 0.6) is 0 Å². The van der Waals surface area contributed by atoms with Gasteiger partial charge in [-0.05, 0) is 36.1 Å². The first-order valence-electron chi connectivity index (χ1n) is 7.21. The van der Waals surface area contributed by atoms with Crippen LogP contribution in [-0.2, 0) is 16.1 Å². The van der Waals surface area contributed by atoms with Crippen molar-refractivity contribution in [2.75, 3.05) is 0 Å². The number of carbonyl (C=O) groups is 2. The Morgan fingerprint density at radius 1 is 1.40 bits per heavy atom. The number of nitrogens with one attached hydrogen (secondary N) is 1. The topological polar surface area (TPSA) is 49.4 Å². The second kappa shape index (κ2) is 5.20. The van der Waals surface area contributed by atoms with Gasteiger partial charge in [0, 0.05) is 4.88 Å². The van der Waals surface area contributed by atoms with Crippen molar-refractivity contribution in [3.8, 4) is 0 Å². The highest BCUT2D eigenvalue weighted by molar-refractivity contribution is 7.09. The minimum atomic E-state index is -0.348. The molecule has 1 N–H and O–H groups in total.